The fraction of sp³-hybridized carbons (Fsp3) is 0.545. The highest BCUT2D eigenvalue weighted by Gasteiger charge is 2.07. The number of nitrogens with one attached hydrogen (secondary N) is 1. The second-order valence-corrected chi connectivity index (χ2v) is 3.72. The molecule has 0 amide bonds. The van der Waals surface area contributed by atoms with E-state index in [1.54, 1.807) is 7.11 Å². The van der Waals surface area contributed by atoms with Crippen molar-refractivity contribution in [3.05, 3.63) is 18.1 Å². The van der Waals surface area contributed by atoms with Gasteiger partial charge in [-0.2, -0.15) is 0 Å². The summed E-state index contributed by atoms with van der Waals surface area (Å²) < 4.78 is 9.55. The summed E-state index contributed by atoms with van der Waals surface area (Å²) in [5.41, 5.74) is 0.197. The van der Waals surface area contributed by atoms with Gasteiger partial charge in [0.05, 0.1) is 26.1 Å². The third kappa shape index (κ3) is 4.36. The Morgan fingerprint density at radius 2 is 2.18 bits per heavy atom. The van der Waals surface area contributed by atoms with E-state index in [0.29, 0.717) is 18.3 Å². The monoisotopic (exact) mass is 239 g/mol. The first-order valence-electron chi connectivity index (χ1n) is 5.30. The number of hydrogen-bond donors (Lipinski definition) is 1. The first kappa shape index (κ1) is 13.4. The largest absolute Gasteiger partial charge is 0.464 e. The Morgan fingerprint density at radius 3 is 2.71 bits per heavy atom. The summed E-state index contributed by atoms with van der Waals surface area (Å²) in [7, 11) is 2.98. The number of nitrogens with zero attached hydrogens (tertiary/aromatic N) is 2. The van der Waals surface area contributed by atoms with Gasteiger partial charge in [0.1, 0.15) is 5.82 Å². The summed E-state index contributed by atoms with van der Waals surface area (Å²) >= 11 is 0. The van der Waals surface area contributed by atoms with Crippen molar-refractivity contribution in [1.29, 1.82) is 0 Å². The van der Waals surface area contributed by atoms with E-state index in [9.17, 15) is 4.79 Å². The van der Waals surface area contributed by atoms with Gasteiger partial charge in [-0.05, 0) is 5.92 Å². The lowest BCUT2D eigenvalue weighted by Crippen LogP contribution is -2.16. The van der Waals surface area contributed by atoms with Crippen LogP contribution in [-0.4, -0.2) is 43.3 Å². The summed E-state index contributed by atoms with van der Waals surface area (Å²) in [4.78, 5) is 19.1. The average Bonchev–Trinajstić information content (AvgIpc) is 2.36. The minimum atomic E-state index is -0.489. The fourth-order valence-electron chi connectivity index (χ4n) is 1.25. The molecule has 1 heterocycles. The zero-order valence-corrected chi connectivity index (χ0v) is 10.3. The van der Waals surface area contributed by atoms with Gasteiger partial charge in [-0.3, -0.25) is 0 Å². The summed E-state index contributed by atoms with van der Waals surface area (Å²) in [5.74, 6) is 0.513. The Labute approximate surface area is 100 Å². The number of carbonyl (C=O) groups excluding carboxylic acids is 1. The van der Waals surface area contributed by atoms with Crippen LogP contribution in [-0.2, 0) is 9.47 Å². The third-order valence-electron chi connectivity index (χ3n) is 2.13. The molecule has 1 N–H and O–H groups in total. The first-order chi connectivity index (χ1) is 8.17. The molecule has 0 saturated heterocycles. The van der Waals surface area contributed by atoms with Gasteiger partial charge in [0, 0.05) is 13.7 Å². The highest BCUT2D eigenvalue weighted by Crippen LogP contribution is 2.04. The average molecular weight is 239 g/mol. The quantitative estimate of drug-likeness (QED) is 0.745. The molecule has 17 heavy (non-hydrogen) atoms. The molecule has 1 unspecified atom stereocenters. The molecule has 1 atom stereocenters. The van der Waals surface area contributed by atoms with E-state index in [0.717, 1.165) is 6.54 Å². The molecular formula is C11H17N3O3. The second kappa shape index (κ2) is 6.80. The zero-order chi connectivity index (χ0) is 12.7. The van der Waals surface area contributed by atoms with Crippen LogP contribution in [0.5, 0.6) is 0 Å². The smallest absolute Gasteiger partial charge is 0.358 e. The standard InChI is InChI=1S/C11H17N3O3/c1-8(7-16-2)4-13-10-6-12-9(5-14-10)11(15)17-3/h5-6,8H,4,7H2,1-3H3,(H,13,14). The molecule has 1 aromatic rings. The number of esters is 1. The van der Waals surface area contributed by atoms with E-state index in [1.165, 1.54) is 19.5 Å². The van der Waals surface area contributed by atoms with Crippen molar-refractivity contribution in [3.8, 4) is 0 Å². The zero-order valence-electron chi connectivity index (χ0n) is 10.3. The van der Waals surface area contributed by atoms with Crippen LogP contribution in [0.1, 0.15) is 17.4 Å². The highest BCUT2D eigenvalue weighted by atomic mass is 16.5. The van der Waals surface area contributed by atoms with E-state index >= 15 is 0 Å². The van der Waals surface area contributed by atoms with Crippen LogP contribution >= 0.6 is 0 Å². The van der Waals surface area contributed by atoms with Gasteiger partial charge in [-0.15, -0.1) is 0 Å². The van der Waals surface area contributed by atoms with Gasteiger partial charge in [0.2, 0.25) is 0 Å². The summed E-state index contributed by atoms with van der Waals surface area (Å²) in [6.07, 6.45) is 2.89. The van der Waals surface area contributed by atoms with Gasteiger partial charge in [0.25, 0.3) is 0 Å². The van der Waals surface area contributed by atoms with Crippen molar-refractivity contribution < 1.29 is 14.3 Å². The Morgan fingerprint density at radius 1 is 1.41 bits per heavy atom. The number of ether oxygens (including phenoxy) is 2. The number of rotatable bonds is 6. The van der Waals surface area contributed by atoms with E-state index < -0.39 is 5.97 Å². The first-order valence-corrected chi connectivity index (χ1v) is 5.30. The van der Waals surface area contributed by atoms with Crippen molar-refractivity contribution >= 4 is 11.8 Å². The molecule has 0 fully saturated rings. The van der Waals surface area contributed by atoms with Crippen LogP contribution in [0.15, 0.2) is 12.4 Å². The Balaban J connectivity index is 2.48. The molecule has 0 radical (unpaired) electrons. The summed E-state index contributed by atoms with van der Waals surface area (Å²) in [5, 5.41) is 3.11. The Hall–Kier alpha value is -1.69. The van der Waals surface area contributed by atoms with Crippen molar-refractivity contribution in [2.24, 2.45) is 5.92 Å². The molecule has 1 aromatic heterocycles. The molecule has 0 aromatic carbocycles. The number of carbonyl (C=O) groups is 1. The number of aromatic nitrogens is 2. The van der Waals surface area contributed by atoms with Crippen LogP contribution in [0, 0.1) is 5.92 Å². The van der Waals surface area contributed by atoms with Gasteiger partial charge in [0.15, 0.2) is 5.69 Å². The molecule has 0 bridgehead atoms. The Bertz CT molecular complexity index is 353. The van der Waals surface area contributed by atoms with Gasteiger partial charge in [-0.25, -0.2) is 14.8 Å². The van der Waals surface area contributed by atoms with Crippen LogP contribution < -0.4 is 5.32 Å². The molecule has 6 nitrogen and oxygen atoms in total. The molecule has 0 aliphatic carbocycles. The Kier molecular flexibility index (Phi) is 5.35. The highest BCUT2D eigenvalue weighted by molar-refractivity contribution is 5.86. The van der Waals surface area contributed by atoms with Crippen LogP contribution in [0.4, 0.5) is 5.82 Å². The molecule has 6 heteroatoms. The maximum Gasteiger partial charge on any atom is 0.358 e. The minimum Gasteiger partial charge on any atom is -0.464 e. The van der Waals surface area contributed by atoms with Gasteiger partial charge >= 0.3 is 5.97 Å². The van der Waals surface area contributed by atoms with E-state index in [2.05, 4.69) is 26.9 Å². The second-order valence-electron chi connectivity index (χ2n) is 3.72. The van der Waals surface area contributed by atoms with E-state index in [1.807, 2.05) is 0 Å². The molecule has 1 rings (SSSR count). The SMILES string of the molecule is COCC(C)CNc1cnc(C(=O)OC)cn1. The van der Waals surface area contributed by atoms with Crippen molar-refractivity contribution in [3.63, 3.8) is 0 Å². The fourth-order valence-corrected chi connectivity index (χ4v) is 1.25. The lowest BCUT2D eigenvalue weighted by Gasteiger charge is -2.11. The third-order valence-corrected chi connectivity index (χ3v) is 2.13. The normalized spacial score (nSPS) is 11.9. The van der Waals surface area contributed by atoms with E-state index in [4.69, 9.17) is 4.74 Å². The van der Waals surface area contributed by atoms with Gasteiger partial charge in [-0.1, -0.05) is 6.92 Å². The van der Waals surface area contributed by atoms with Crippen molar-refractivity contribution in [2.45, 2.75) is 6.92 Å². The number of hydrogen-bond acceptors (Lipinski definition) is 6. The number of methoxy groups -OCH3 is 2. The van der Waals surface area contributed by atoms with Crippen molar-refractivity contribution in [1.82, 2.24) is 9.97 Å². The number of anilines is 1. The van der Waals surface area contributed by atoms with Crippen LogP contribution in [0.2, 0.25) is 0 Å². The van der Waals surface area contributed by atoms with Gasteiger partial charge < -0.3 is 14.8 Å². The lowest BCUT2D eigenvalue weighted by atomic mass is 10.2. The summed E-state index contributed by atoms with van der Waals surface area (Å²) in [6.45, 7) is 3.48. The lowest BCUT2D eigenvalue weighted by molar-refractivity contribution is 0.0593. The molecule has 0 aliphatic rings. The molecule has 0 saturated carbocycles. The maximum absolute atomic E-state index is 11.1. The topological polar surface area (TPSA) is 73.3 Å². The molecule has 0 aliphatic heterocycles. The predicted molar refractivity (Wildman–Crippen MR) is 62.9 cm³/mol. The van der Waals surface area contributed by atoms with Crippen LogP contribution in [0.3, 0.4) is 0 Å². The molecule has 0 spiro atoms. The molecule has 94 valence electrons. The predicted octanol–water partition coefficient (Wildman–Crippen LogP) is 0.958. The summed E-state index contributed by atoms with van der Waals surface area (Å²) in [6, 6.07) is 0. The van der Waals surface area contributed by atoms with Crippen LogP contribution in [0.25, 0.3) is 0 Å². The van der Waals surface area contributed by atoms with E-state index in [-0.39, 0.29) is 5.69 Å². The minimum absolute atomic E-state index is 0.197. The molecular weight excluding hydrogens is 222 g/mol. The van der Waals surface area contributed by atoms with Crippen molar-refractivity contribution in [2.75, 3.05) is 32.7 Å². The maximum atomic E-state index is 11.1.